The van der Waals surface area contributed by atoms with Gasteiger partial charge >= 0.3 is 6.09 Å². The number of anilines is 1. The lowest BCUT2D eigenvalue weighted by molar-refractivity contribution is -0.385. The maximum absolute atomic E-state index is 13.5. The number of carbonyl (C=O) groups is 1. The van der Waals surface area contributed by atoms with E-state index in [1.165, 1.54) is 12.1 Å². The Labute approximate surface area is 133 Å². The van der Waals surface area contributed by atoms with Crippen molar-refractivity contribution in [3.63, 3.8) is 0 Å². The molecule has 1 aromatic carbocycles. The molecule has 0 aromatic heterocycles. The van der Waals surface area contributed by atoms with Crippen molar-refractivity contribution in [2.45, 2.75) is 26.4 Å². The van der Waals surface area contributed by atoms with Crippen molar-refractivity contribution in [3.05, 3.63) is 34.1 Å². The summed E-state index contributed by atoms with van der Waals surface area (Å²) in [6, 6.07) is 3.49. The van der Waals surface area contributed by atoms with Crippen molar-refractivity contribution in [2.75, 3.05) is 31.1 Å². The Hall–Kier alpha value is -2.38. The van der Waals surface area contributed by atoms with E-state index < -0.39 is 16.3 Å². The summed E-state index contributed by atoms with van der Waals surface area (Å²) in [4.78, 5) is 25.6. The van der Waals surface area contributed by atoms with E-state index in [2.05, 4.69) is 0 Å². The number of nitrogens with zero attached hydrogens (tertiary/aromatic N) is 3. The van der Waals surface area contributed by atoms with E-state index in [0.717, 1.165) is 6.07 Å². The molecule has 0 atom stereocenters. The first-order chi connectivity index (χ1) is 10.7. The number of halogens is 1. The first-order valence-corrected chi connectivity index (χ1v) is 7.33. The number of non-ortho nitro benzene ring substituents is 1. The third-order valence-electron chi connectivity index (χ3n) is 3.37. The Balaban J connectivity index is 2.02. The highest BCUT2D eigenvalue weighted by molar-refractivity contribution is 5.68. The number of piperazine rings is 1. The second kappa shape index (κ2) is 6.39. The standard InChI is InChI=1S/C15H20FN3O4/c1-15(2,3)23-14(20)18-6-4-17(5-7-18)12-8-11(16)9-13(10-12)19(21)22/h8-10H,4-7H2,1-3H3. The molecule has 1 saturated heterocycles. The molecule has 0 radical (unpaired) electrons. The van der Waals surface area contributed by atoms with E-state index >= 15 is 0 Å². The highest BCUT2D eigenvalue weighted by Crippen LogP contribution is 2.24. The number of hydrogen-bond acceptors (Lipinski definition) is 5. The van der Waals surface area contributed by atoms with Gasteiger partial charge in [0.05, 0.1) is 11.0 Å². The third kappa shape index (κ3) is 4.54. The van der Waals surface area contributed by atoms with Crippen molar-refractivity contribution in [2.24, 2.45) is 0 Å². The fraction of sp³-hybridized carbons (Fsp3) is 0.533. The van der Waals surface area contributed by atoms with Gasteiger partial charge in [-0.1, -0.05) is 0 Å². The first kappa shape index (κ1) is 17.0. The highest BCUT2D eigenvalue weighted by Gasteiger charge is 2.26. The molecule has 1 aliphatic rings. The number of hydrogen-bond donors (Lipinski definition) is 0. The van der Waals surface area contributed by atoms with Crippen LogP contribution in [0.25, 0.3) is 0 Å². The third-order valence-corrected chi connectivity index (χ3v) is 3.37. The fourth-order valence-electron chi connectivity index (χ4n) is 2.32. The van der Waals surface area contributed by atoms with Crippen LogP contribution in [0.5, 0.6) is 0 Å². The summed E-state index contributed by atoms with van der Waals surface area (Å²) in [5, 5.41) is 10.8. The van der Waals surface area contributed by atoms with Crippen LogP contribution in [-0.4, -0.2) is 47.7 Å². The lowest BCUT2D eigenvalue weighted by atomic mass is 10.2. The van der Waals surface area contributed by atoms with Crippen LogP contribution < -0.4 is 4.90 Å². The number of carbonyl (C=O) groups excluding carboxylic acids is 1. The van der Waals surface area contributed by atoms with Crippen LogP contribution in [0.2, 0.25) is 0 Å². The summed E-state index contributed by atoms with van der Waals surface area (Å²) in [6.07, 6.45) is -0.387. The Kier molecular flexibility index (Phi) is 4.72. The molecule has 1 fully saturated rings. The summed E-state index contributed by atoms with van der Waals surface area (Å²) in [5.41, 5.74) is -0.396. The summed E-state index contributed by atoms with van der Waals surface area (Å²) in [6.45, 7) is 7.14. The normalized spacial score (nSPS) is 15.5. The minimum absolute atomic E-state index is 0.283. The zero-order valence-electron chi connectivity index (χ0n) is 13.4. The molecule has 7 nitrogen and oxygen atoms in total. The largest absolute Gasteiger partial charge is 0.444 e. The molecule has 2 rings (SSSR count). The number of nitro groups is 1. The molecule has 23 heavy (non-hydrogen) atoms. The van der Waals surface area contributed by atoms with Gasteiger partial charge < -0.3 is 14.5 Å². The smallest absolute Gasteiger partial charge is 0.410 e. The van der Waals surface area contributed by atoms with Crippen molar-refractivity contribution < 1.29 is 18.8 Å². The predicted octanol–water partition coefficient (Wildman–Crippen LogP) is 2.79. The van der Waals surface area contributed by atoms with Gasteiger partial charge in [0.15, 0.2) is 0 Å². The summed E-state index contributed by atoms with van der Waals surface area (Å²) >= 11 is 0. The van der Waals surface area contributed by atoms with Crippen LogP contribution in [0.4, 0.5) is 20.6 Å². The molecule has 0 aliphatic carbocycles. The van der Waals surface area contributed by atoms with Gasteiger partial charge in [-0.25, -0.2) is 9.18 Å². The Morgan fingerprint density at radius 3 is 2.35 bits per heavy atom. The van der Waals surface area contributed by atoms with Crippen LogP contribution in [0, 0.1) is 15.9 Å². The van der Waals surface area contributed by atoms with Crippen LogP contribution in [0.3, 0.4) is 0 Å². The SMILES string of the molecule is CC(C)(C)OC(=O)N1CCN(c2cc(F)cc([N+](=O)[O-])c2)CC1. The molecule has 1 heterocycles. The number of rotatable bonds is 2. The van der Waals surface area contributed by atoms with Gasteiger partial charge in [0.1, 0.15) is 11.4 Å². The number of ether oxygens (including phenoxy) is 1. The van der Waals surface area contributed by atoms with Gasteiger partial charge in [0, 0.05) is 37.9 Å². The highest BCUT2D eigenvalue weighted by atomic mass is 19.1. The average molecular weight is 325 g/mol. The molecular weight excluding hydrogens is 305 g/mol. The van der Waals surface area contributed by atoms with E-state index in [9.17, 15) is 19.3 Å². The fourth-order valence-corrected chi connectivity index (χ4v) is 2.32. The van der Waals surface area contributed by atoms with Crippen LogP contribution in [-0.2, 0) is 4.74 Å². The lowest BCUT2D eigenvalue weighted by Crippen LogP contribution is -2.50. The monoisotopic (exact) mass is 325 g/mol. The lowest BCUT2D eigenvalue weighted by Gasteiger charge is -2.36. The molecule has 0 spiro atoms. The van der Waals surface area contributed by atoms with Crippen molar-refractivity contribution in [1.82, 2.24) is 4.90 Å². The molecule has 8 heteroatoms. The van der Waals surface area contributed by atoms with Crippen molar-refractivity contribution >= 4 is 17.5 Å². The maximum Gasteiger partial charge on any atom is 0.410 e. The zero-order chi connectivity index (χ0) is 17.2. The molecule has 0 bridgehead atoms. The van der Waals surface area contributed by atoms with E-state index in [-0.39, 0.29) is 11.8 Å². The molecule has 0 N–H and O–H groups in total. The molecule has 1 aromatic rings. The molecule has 1 amide bonds. The van der Waals surface area contributed by atoms with E-state index in [0.29, 0.717) is 31.9 Å². The van der Waals surface area contributed by atoms with Gasteiger partial charge in [-0.15, -0.1) is 0 Å². The van der Waals surface area contributed by atoms with Crippen LogP contribution in [0.1, 0.15) is 20.8 Å². The van der Waals surface area contributed by atoms with Crippen LogP contribution in [0.15, 0.2) is 18.2 Å². The Morgan fingerprint density at radius 1 is 1.22 bits per heavy atom. The maximum atomic E-state index is 13.5. The minimum atomic E-state index is -0.649. The van der Waals surface area contributed by atoms with Gasteiger partial charge in [-0.05, 0) is 26.8 Å². The topological polar surface area (TPSA) is 75.9 Å². The minimum Gasteiger partial charge on any atom is -0.444 e. The van der Waals surface area contributed by atoms with E-state index in [4.69, 9.17) is 4.74 Å². The summed E-state index contributed by atoms with van der Waals surface area (Å²) < 4.78 is 18.8. The average Bonchev–Trinajstić information content (AvgIpc) is 2.45. The predicted molar refractivity (Wildman–Crippen MR) is 83.1 cm³/mol. The molecule has 1 aliphatic heterocycles. The molecule has 0 saturated carbocycles. The Morgan fingerprint density at radius 2 is 1.83 bits per heavy atom. The number of amides is 1. The number of nitro benzene ring substituents is 1. The first-order valence-electron chi connectivity index (χ1n) is 7.33. The van der Waals surface area contributed by atoms with Gasteiger partial charge in [-0.3, -0.25) is 10.1 Å². The van der Waals surface area contributed by atoms with Crippen LogP contribution >= 0.6 is 0 Å². The van der Waals surface area contributed by atoms with Gasteiger partial charge in [0.2, 0.25) is 0 Å². The second-order valence-corrected chi connectivity index (χ2v) is 6.38. The quantitative estimate of drug-likeness (QED) is 0.617. The van der Waals surface area contributed by atoms with Crippen molar-refractivity contribution in [3.8, 4) is 0 Å². The van der Waals surface area contributed by atoms with Gasteiger partial charge in [-0.2, -0.15) is 0 Å². The van der Waals surface area contributed by atoms with E-state index in [1.54, 1.807) is 25.7 Å². The zero-order valence-corrected chi connectivity index (χ0v) is 13.4. The summed E-state index contributed by atoms with van der Waals surface area (Å²) in [5.74, 6) is -0.649. The second-order valence-electron chi connectivity index (χ2n) is 6.38. The van der Waals surface area contributed by atoms with E-state index in [1.807, 2.05) is 4.90 Å². The molecular formula is C15H20FN3O4. The summed E-state index contributed by atoms with van der Waals surface area (Å²) in [7, 11) is 0. The Bertz CT molecular complexity index is 607. The van der Waals surface area contributed by atoms with Crippen molar-refractivity contribution in [1.29, 1.82) is 0 Å². The molecule has 126 valence electrons. The molecule has 0 unspecified atom stereocenters. The van der Waals surface area contributed by atoms with Gasteiger partial charge in [0.25, 0.3) is 5.69 Å². The number of benzene rings is 1.